The number of anilines is 1. The minimum Gasteiger partial charge on any atom is -0.340 e. The molecular formula is C22H22N4O2. The van der Waals surface area contributed by atoms with Crippen molar-refractivity contribution in [2.45, 2.75) is 31.7 Å². The van der Waals surface area contributed by atoms with Crippen LogP contribution < -0.4 is 5.32 Å². The Hall–Kier alpha value is -3.15. The van der Waals surface area contributed by atoms with Crippen LogP contribution in [-0.4, -0.2) is 33.2 Å². The zero-order valence-corrected chi connectivity index (χ0v) is 15.5. The number of benzene rings is 2. The van der Waals surface area contributed by atoms with Crippen LogP contribution in [0.5, 0.6) is 0 Å². The number of fused-ring (bicyclic) bond motifs is 1. The van der Waals surface area contributed by atoms with E-state index in [1.54, 1.807) is 24.3 Å². The maximum atomic E-state index is 13.1. The van der Waals surface area contributed by atoms with E-state index in [2.05, 4.69) is 10.3 Å². The number of para-hydroxylation sites is 2. The van der Waals surface area contributed by atoms with Gasteiger partial charge in [0.2, 0.25) is 5.91 Å². The molecule has 6 nitrogen and oxygen atoms in total. The molecule has 1 saturated carbocycles. The molecule has 1 aromatic heterocycles. The van der Waals surface area contributed by atoms with Crippen LogP contribution in [0.3, 0.4) is 0 Å². The molecule has 1 aliphatic carbocycles. The van der Waals surface area contributed by atoms with Crippen LogP contribution in [0.15, 0.2) is 48.5 Å². The van der Waals surface area contributed by atoms with E-state index in [-0.39, 0.29) is 23.8 Å². The van der Waals surface area contributed by atoms with Gasteiger partial charge in [-0.2, -0.15) is 0 Å². The lowest BCUT2D eigenvalue weighted by molar-refractivity contribution is -0.117. The first kappa shape index (κ1) is 17.0. The lowest BCUT2D eigenvalue weighted by Gasteiger charge is -2.23. The second-order valence-electron chi connectivity index (χ2n) is 7.64. The molecule has 2 fully saturated rings. The molecule has 1 atom stereocenters. The second kappa shape index (κ2) is 6.78. The van der Waals surface area contributed by atoms with Crippen LogP contribution in [0, 0.1) is 5.92 Å². The SMILES string of the molecule is O=C(Nc1ccc(C(=O)N2CCC[C@@H]2c2nc3ccccc3[nH]2)cc1)C1CC1. The zero-order chi connectivity index (χ0) is 19.1. The quantitative estimate of drug-likeness (QED) is 0.727. The summed E-state index contributed by atoms with van der Waals surface area (Å²) < 4.78 is 0. The third-order valence-corrected chi connectivity index (χ3v) is 5.58. The van der Waals surface area contributed by atoms with Gasteiger partial charge >= 0.3 is 0 Å². The Morgan fingerprint density at radius 2 is 1.82 bits per heavy atom. The molecule has 2 aliphatic rings. The minimum atomic E-state index is -0.0332. The van der Waals surface area contributed by atoms with Crippen molar-refractivity contribution >= 4 is 28.5 Å². The van der Waals surface area contributed by atoms with E-state index in [1.807, 2.05) is 29.2 Å². The van der Waals surface area contributed by atoms with Crippen molar-refractivity contribution in [3.05, 3.63) is 59.9 Å². The Bertz CT molecular complexity index is 1000. The average molecular weight is 374 g/mol. The average Bonchev–Trinajstić information content (AvgIpc) is 3.30. The highest BCUT2D eigenvalue weighted by Gasteiger charge is 2.33. The number of rotatable bonds is 4. The van der Waals surface area contributed by atoms with Crippen molar-refractivity contribution in [2.75, 3.05) is 11.9 Å². The zero-order valence-electron chi connectivity index (χ0n) is 15.5. The Balaban J connectivity index is 1.34. The van der Waals surface area contributed by atoms with E-state index < -0.39 is 0 Å². The number of aromatic nitrogens is 2. The molecule has 0 spiro atoms. The summed E-state index contributed by atoms with van der Waals surface area (Å²) in [5, 5.41) is 2.91. The maximum Gasteiger partial charge on any atom is 0.254 e. The summed E-state index contributed by atoms with van der Waals surface area (Å²) in [5.74, 6) is 1.09. The molecule has 1 aliphatic heterocycles. The molecule has 28 heavy (non-hydrogen) atoms. The number of carbonyl (C=O) groups is 2. The van der Waals surface area contributed by atoms with Gasteiger partial charge in [0.15, 0.2) is 0 Å². The highest BCUT2D eigenvalue weighted by Crippen LogP contribution is 2.33. The number of carbonyl (C=O) groups excluding carboxylic acids is 2. The lowest BCUT2D eigenvalue weighted by Crippen LogP contribution is -2.31. The Morgan fingerprint density at radius 3 is 2.57 bits per heavy atom. The van der Waals surface area contributed by atoms with Crippen LogP contribution in [0.2, 0.25) is 0 Å². The molecule has 2 amide bonds. The van der Waals surface area contributed by atoms with E-state index in [0.717, 1.165) is 54.8 Å². The first-order chi connectivity index (χ1) is 13.7. The molecule has 6 heteroatoms. The maximum absolute atomic E-state index is 13.1. The fourth-order valence-corrected chi connectivity index (χ4v) is 3.88. The molecule has 5 rings (SSSR count). The number of nitrogens with zero attached hydrogens (tertiary/aromatic N) is 2. The summed E-state index contributed by atoms with van der Waals surface area (Å²) in [4.78, 5) is 34.9. The van der Waals surface area contributed by atoms with E-state index in [9.17, 15) is 9.59 Å². The number of hydrogen-bond donors (Lipinski definition) is 2. The van der Waals surface area contributed by atoms with Gasteiger partial charge in [-0.25, -0.2) is 4.98 Å². The summed E-state index contributed by atoms with van der Waals surface area (Å²) in [6.07, 6.45) is 3.81. The Kier molecular flexibility index (Phi) is 4.11. The van der Waals surface area contributed by atoms with Crippen LogP contribution in [-0.2, 0) is 4.79 Å². The highest BCUT2D eigenvalue weighted by atomic mass is 16.2. The number of hydrogen-bond acceptors (Lipinski definition) is 3. The molecule has 142 valence electrons. The summed E-state index contributed by atoms with van der Waals surface area (Å²) in [5.41, 5.74) is 3.29. The molecule has 1 saturated heterocycles. The normalized spacial score (nSPS) is 19.1. The van der Waals surface area contributed by atoms with Crippen LogP contribution >= 0.6 is 0 Å². The van der Waals surface area contributed by atoms with E-state index >= 15 is 0 Å². The number of likely N-dealkylation sites (tertiary alicyclic amines) is 1. The second-order valence-corrected chi connectivity index (χ2v) is 7.64. The summed E-state index contributed by atoms with van der Waals surface area (Å²) in [6, 6.07) is 15.1. The molecular weight excluding hydrogens is 352 g/mol. The van der Waals surface area contributed by atoms with Crippen molar-refractivity contribution in [1.29, 1.82) is 0 Å². The Morgan fingerprint density at radius 1 is 1.04 bits per heavy atom. The van der Waals surface area contributed by atoms with Gasteiger partial charge in [0.25, 0.3) is 5.91 Å². The van der Waals surface area contributed by atoms with Crippen molar-refractivity contribution in [2.24, 2.45) is 5.92 Å². The highest BCUT2D eigenvalue weighted by molar-refractivity contribution is 5.97. The third kappa shape index (κ3) is 3.15. The smallest absolute Gasteiger partial charge is 0.254 e. The summed E-state index contributed by atoms with van der Waals surface area (Å²) in [6.45, 7) is 0.723. The van der Waals surface area contributed by atoms with Gasteiger partial charge in [0.1, 0.15) is 5.82 Å². The molecule has 3 aromatic rings. The predicted molar refractivity (Wildman–Crippen MR) is 107 cm³/mol. The predicted octanol–water partition coefficient (Wildman–Crippen LogP) is 3.89. The number of imidazole rings is 1. The van der Waals surface area contributed by atoms with Crippen LogP contribution in [0.4, 0.5) is 5.69 Å². The van der Waals surface area contributed by atoms with Gasteiger partial charge in [-0.1, -0.05) is 12.1 Å². The standard InChI is InChI=1S/C22H22N4O2/c27-21(14-7-8-14)23-16-11-9-15(10-12-16)22(28)26-13-3-6-19(26)20-24-17-4-1-2-5-18(17)25-20/h1-2,4-5,9-12,14,19H,3,6-8,13H2,(H,23,27)(H,24,25)/t19-/m1/s1. The molecule has 2 aromatic carbocycles. The van der Waals surface area contributed by atoms with Gasteiger partial charge in [-0.3, -0.25) is 9.59 Å². The molecule has 0 bridgehead atoms. The lowest BCUT2D eigenvalue weighted by atomic mass is 10.1. The molecule has 0 unspecified atom stereocenters. The summed E-state index contributed by atoms with van der Waals surface area (Å²) >= 11 is 0. The van der Waals surface area contributed by atoms with Crippen LogP contribution in [0.1, 0.15) is 47.9 Å². The van der Waals surface area contributed by atoms with Crippen molar-refractivity contribution in [1.82, 2.24) is 14.9 Å². The summed E-state index contributed by atoms with van der Waals surface area (Å²) in [7, 11) is 0. The van der Waals surface area contributed by atoms with Crippen molar-refractivity contribution < 1.29 is 9.59 Å². The van der Waals surface area contributed by atoms with Crippen molar-refractivity contribution in [3.63, 3.8) is 0 Å². The first-order valence-electron chi connectivity index (χ1n) is 9.85. The van der Waals surface area contributed by atoms with Crippen molar-refractivity contribution in [3.8, 4) is 0 Å². The number of nitrogens with one attached hydrogen (secondary N) is 2. The third-order valence-electron chi connectivity index (χ3n) is 5.58. The molecule has 2 heterocycles. The number of aromatic amines is 1. The monoisotopic (exact) mass is 374 g/mol. The Labute approximate surface area is 163 Å². The van der Waals surface area contributed by atoms with Gasteiger partial charge in [0.05, 0.1) is 17.1 Å². The van der Waals surface area contributed by atoms with E-state index in [0.29, 0.717) is 5.56 Å². The fraction of sp³-hybridized carbons (Fsp3) is 0.318. The van der Waals surface area contributed by atoms with Gasteiger partial charge in [-0.15, -0.1) is 0 Å². The largest absolute Gasteiger partial charge is 0.340 e. The number of amides is 2. The van der Waals surface area contributed by atoms with Gasteiger partial charge in [-0.05, 0) is 62.1 Å². The van der Waals surface area contributed by atoms with E-state index in [4.69, 9.17) is 4.98 Å². The van der Waals surface area contributed by atoms with Crippen LogP contribution in [0.25, 0.3) is 11.0 Å². The number of H-pyrrole nitrogens is 1. The first-order valence-corrected chi connectivity index (χ1v) is 9.85. The van der Waals surface area contributed by atoms with E-state index in [1.165, 1.54) is 0 Å². The molecule has 2 N–H and O–H groups in total. The molecule has 0 radical (unpaired) electrons. The fourth-order valence-electron chi connectivity index (χ4n) is 3.88. The van der Waals surface area contributed by atoms with Gasteiger partial charge in [0, 0.05) is 23.7 Å². The minimum absolute atomic E-state index is 0.00280. The van der Waals surface area contributed by atoms with Gasteiger partial charge < -0.3 is 15.2 Å². The topological polar surface area (TPSA) is 78.1 Å².